The highest BCUT2D eigenvalue weighted by Gasteiger charge is 2.28. The van der Waals surface area contributed by atoms with Gasteiger partial charge in [0.05, 0.1) is 6.10 Å². The molecular weight excluding hydrogens is 224 g/mol. The van der Waals surface area contributed by atoms with Gasteiger partial charge in [0.15, 0.2) is 0 Å². The van der Waals surface area contributed by atoms with Crippen LogP contribution in [-0.4, -0.2) is 17.3 Å². The lowest BCUT2D eigenvalue weighted by Crippen LogP contribution is -2.37. The van der Waals surface area contributed by atoms with E-state index in [2.05, 4.69) is 11.8 Å². The normalized spacial score (nSPS) is 20.7. The summed E-state index contributed by atoms with van der Waals surface area (Å²) in [6.07, 6.45) is 2.38. The van der Waals surface area contributed by atoms with Crippen LogP contribution < -0.4 is 4.74 Å². The molecular formula is C16H22O2. The molecule has 1 saturated carbocycles. The van der Waals surface area contributed by atoms with Gasteiger partial charge < -0.3 is 9.84 Å². The van der Waals surface area contributed by atoms with E-state index in [1.54, 1.807) is 0 Å². The van der Waals surface area contributed by atoms with Gasteiger partial charge in [0.1, 0.15) is 11.9 Å². The largest absolute Gasteiger partial charge is 0.490 e. The molecule has 2 nitrogen and oxygen atoms in total. The summed E-state index contributed by atoms with van der Waals surface area (Å²) < 4.78 is 5.67. The molecule has 2 rings (SSSR count). The van der Waals surface area contributed by atoms with E-state index in [4.69, 9.17) is 9.84 Å². The number of benzene rings is 1. The first-order valence-electron chi connectivity index (χ1n) is 6.71. The second-order valence-electron chi connectivity index (χ2n) is 4.04. The fourth-order valence-electron chi connectivity index (χ4n) is 1.63. The molecule has 0 aromatic heterocycles. The molecule has 0 atom stereocenters. The standard InChI is InChI=1S/C14H16O2.C2H6/c1-2-3-4-11-5-7-13(8-6-11)16-14-9-12(15)10-14;1-2/h5-8,12,14-15H,2,9-10H2,1H3;1-2H3. The first-order valence-corrected chi connectivity index (χ1v) is 6.71. The molecule has 0 bridgehead atoms. The zero-order valence-electron chi connectivity index (χ0n) is 11.4. The summed E-state index contributed by atoms with van der Waals surface area (Å²) >= 11 is 0. The number of hydrogen-bond donors (Lipinski definition) is 1. The second kappa shape index (κ2) is 7.79. The Bertz CT molecular complexity index is 391. The Kier molecular flexibility index (Phi) is 6.32. The van der Waals surface area contributed by atoms with Crippen molar-refractivity contribution in [1.82, 2.24) is 0 Å². The van der Waals surface area contributed by atoms with Crippen molar-refractivity contribution in [2.45, 2.75) is 52.2 Å². The van der Waals surface area contributed by atoms with Gasteiger partial charge in [-0.3, -0.25) is 0 Å². The quantitative estimate of drug-likeness (QED) is 0.811. The first-order chi connectivity index (χ1) is 8.78. The highest BCUT2D eigenvalue weighted by molar-refractivity contribution is 5.38. The third-order valence-corrected chi connectivity index (χ3v) is 2.64. The number of aliphatic hydroxyl groups is 1. The van der Waals surface area contributed by atoms with E-state index >= 15 is 0 Å². The number of aliphatic hydroxyl groups excluding tert-OH is 1. The van der Waals surface area contributed by atoms with Gasteiger partial charge in [-0.25, -0.2) is 0 Å². The lowest BCUT2D eigenvalue weighted by atomic mass is 9.92. The van der Waals surface area contributed by atoms with E-state index in [0.717, 1.165) is 30.6 Å². The van der Waals surface area contributed by atoms with Crippen molar-refractivity contribution < 1.29 is 9.84 Å². The minimum absolute atomic E-state index is 0.167. The van der Waals surface area contributed by atoms with Crippen LogP contribution >= 0.6 is 0 Å². The van der Waals surface area contributed by atoms with E-state index in [1.165, 1.54) is 0 Å². The van der Waals surface area contributed by atoms with Crippen molar-refractivity contribution in [1.29, 1.82) is 0 Å². The van der Waals surface area contributed by atoms with Crippen LogP contribution in [-0.2, 0) is 0 Å². The maximum absolute atomic E-state index is 9.14. The zero-order valence-corrected chi connectivity index (χ0v) is 11.4. The van der Waals surface area contributed by atoms with Crippen molar-refractivity contribution in [3.8, 4) is 17.6 Å². The van der Waals surface area contributed by atoms with Crippen molar-refractivity contribution in [3.05, 3.63) is 29.8 Å². The SMILES string of the molecule is CC.CCC#Cc1ccc(OC2CC(O)C2)cc1. The third kappa shape index (κ3) is 4.43. The minimum Gasteiger partial charge on any atom is -0.490 e. The van der Waals surface area contributed by atoms with E-state index in [9.17, 15) is 0 Å². The van der Waals surface area contributed by atoms with Crippen LogP contribution in [0.25, 0.3) is 0 Å². The molecule has 2 heteroatoms. The average Bonchev–Trinajstić information content (AvgIpc) is 2.38. The highest BCUT2D eigenvalue weighted by atomic mass is 16.5. The van der Waals surface area contributed by atoms with Crippen LogP contribution in [0, 0.1) is 11.8 Å². The van der Waals surface area contributed by atoms with Crippen LogP contribution in [0.15, 0.2) is 24.3 Å². The molecule has 0 aliphatic heterocycles. The van der Waals surface area contributed by atoms with E-state index in [1.807, 2.05) is 45.0 Å². The van der Waals surface area contributed by atoms with Crippen molar-refractivity contribution in [2.75, 3.05) is 0 Å². The molecule has 1 N–H and O–H groups in total. The van der Waals surface area contributed by atoms with Crippen molar-refractivity contribution in [3.63, 3.8) is 0 Å². The maximum atomic E-state index is 9.14. The van der Waals surface area contributed by atoms with Gasteiger partial charge in [0.25, 0.3) is 0 Å². The minimum atomic E-state index is -0.167. The van der Waals surface area contributed by atoms with Crippen LogP contribution in [0.2, 0.25) is 0 Å². The Morgan fingerprint density at radius 2 is 1.83 bits per heavy atom. The summed E-state index contributed by atoms with van der Waals surface area (Å²) in [4.78, 5) is 0. The smallest absolute Gasteiger partial charge is 0.119 e. The molecule has 0 amide bonds. The molecule has 98 valence electrons. The second-order valence-corrected chi connectivity index (χ2v) is 4.04. The molecule has 18 heavy (non-hydrogen) atoms. The molecule has 1 fully saturated rings. The van der Waals surface area contributed by atoms with Crippen molar-refractivity contribution in [2.24, 2.45) is 0 Å². The van der Waals surface area contributed by atoms with Crippen molar-refractivity contribution >= 4 is 0 Å². The fourth-order valence-corrected chi connectivity index (χ4v) is 1.63. The Morgan fingerprint density at radius 1 is 1.22 bits per heavy atom. The van der Waals surface area contributed by atoms with Gasteiger partial charge in [-0.2, -0.15) is 0 Å². The molecule has 0 spiro atoms. The van der Waals surface area contributed by atoms with E-state index in [0.29, 0.717) is 0 Å². The molecule has 0 unspecified atom stereocenters. The molecule has 1 aromatic rings. The fraction of sp³-hybridized carbons (Fsp3) is 0.500. The van der Waals surface area contributed by atoms with Gasteiger partial charge in [0.2, 0.25) is 0 Å². The van der Waals surface area contributed by atoms with Crippen LogP contribution in [0.3, 0.4) is 0 Å². The predicted octanol–water partition coefficient (Wildman–Crippen LogP) is 3.38. The summed E-state index contributed by atoms with van der Waals surface area (Å²) in [5.74, 6) is 6.95. The van der Waals surface area contributed by atoms with Crippen LogP contribution in [0.4, 0.5) is 0 Å². The van der Waals surface area contributed by atoms with E-state index < -0.39 is 0 Å². The summed E-state index contributed by atoms with van der Waals surface area (Å²) in [7, 11) is 0. The van der Waals surface area contributed by atoms with Gasteiger partial charge >= 0.3 is 0 Å². The van der Waals surface area contributed by atoms with Crippen LogP contribution in [0.1, 0.15) is 45.6 Å². The summed E-state index contributed by atoms with van der Waals surface area (Å²) in [5, 5.41) is 9.14. The van der Waals surface area contributed by atoms with Gasteiger partial charge in [-0.05, 0) is 24.3 Å². The molecule has 1 aromatic carbocycles. The highest BCUT2D eigenvalue weighted by Crippen LogP contribution is 2.25. The monoisotopic (exact) mass is 246 g/mol. The van der Waals surface area contributed by atoms with Crippen LogP contribution in [0.5, 0.6) is 5.75 Å². The Hall–Kier alpha value is -1.46. The first kappa shape index (κ1) is 14.6. The summed E-state index contributed by atoms with van der Waals surface area (Å²) in [6.45, 7) is 6.03. The molecule has 0 saturated heterocycles. The number of rotatable bonds is 2. The maximum Gasteiger partial charge on any atom is 0.119 e. The predicted molar refractivity (Wildman–Crippen MR) is 74.6 cm³/mol. The van der Waals surface area contributed by atoms with Gasteiger partial charge in [0, 0.05) is 24.8 Å². The Balaban J connectivity index is 0.000000771. The molecule has 0 radical (unpaired) electrons. The van der Waals surface area contributed by atoms with E-state index in [-0.39, 0.29) is 12.2 Å². The molecule has 1 aliphatic carbocycles. The number of hydrogen-bond acceptors (Lipinski definition) is 2. The summed E-state index contributed by atoms with van der Waals surface area (Å²) in [5.41, 5.74) is 1.02. The Labute approximate surface area is 110 Å². The van der Waals surface area contributed by atoms with Gasteiger partial charge in [-0.1, -0.05) is 32.6 Å². The lowest BCUT2D eigenvalue weighted by Gasteiger charge is -2.31. The molecule has 1 aliphatic rings. The summed E-state index contributed by atoms with van der Waals surface area (Å²) in [6, 6.07) is 7.80. The topological polar surface area (TPSA) is 29.5 Å². The molecule has 0 heterocycles. The van der Waals surface area contributed by atoms with Gasteiger partial charge in [-0.15, -0.1) is 0 Å². The number of ether oxygens (including phenoxy) is 1. The lowest BCUT2D eigenvalue weighted by molar-refractivity contribution is -0.0107. The Morgan fingerprint density at radius 3 is 2.33 bits per heavy atom. The third-order valence-electron chi connectivity index (χ3n) is 2.64. The zero-order chi connectivity index (χ0) is 13.4. The average molecular weight is 246 g/mol.